The molecule has 36 heavy (non-hydrogen) atoms. The summed E-state index contributed by atoms with van der Waals surface area (Å²) >= 11 is 0. The minimum Gasteiger partial charge on any atom is -0.348 e. The molecule has 1 N–H and O–H groups in total. The third-order valence-corrected chi connectivity index (χ3v) is 7.08. The van der Waals surface area contributed by atoms with Crippen LogP contribution in [0.1, 0.15) is 65.0 Å². The standard InChI is InChI=1S/C29H33N5O2/c1-4-33-26-14-15-32(18-22-8-6-5-7-9-22)19-25(26)29(36)34-28(33)24(17-31-34)27(35)30-16-21-10-12-23(13-11-21)20(2)3/h5-13,17,20H,4,14-16,18-19H2,1-3H3,(H,30,35). The molecule has 1 aliphatic heterocycles. The van der Waals surface area contributed by atoms with E-state index < -0.39 is 0 Å². The molecular weight excluding hydrogens is 450 g/mol. The van der Waals surface area contributed by atoms with Crippen molar-refractivity contribution in [3.63, 3.8) is 0 Å². The number of fused-ring (bicyclic) bond motifs is 2. The second kappa shape index (κ2) is 10.1. The van der Waals surface area contributed by atoms with Crippen LogP contribution >= 0.6 is 0 Å². The van der Waals surface area contributed by atoms with Gasteiger partial charge in [0.25, 0.3) is 11.5 Å². The van der Waals surface area contributed by atoms with Gasteiger partial charge in [-0.05, 0) is 29.5 Å². The number of rotatable bonds is 7. The maximum Gasteiger partial charge on any atom is 0.279 e. The molecule has 7 nitrogen and oxygen atoms in total. The molecule has 0 atom stereocenters. The van der Waals surface area contributed by atoms with Crippen LogP contribution in [0.5, 0.6) is 0 Å². The Hall–Kier alpha value is -3.71. The van der Waals surface area contributed by atoms with Crippen LogP contribution in [0.3, 0.4) is 0 Å². The van der Waals surface area contributed by atoms with Gasteiger partial charge in [0, 0.05) is 44.8 Å². The van der Waals surface area contributed by atoms with Crippen molar-refractivity contribution < 1.29 is 4.79 Å². The predicted molar refractivity (Wildman–Crippen MR) is 141 cm³/mol. The number of aromatic nitrogens is 3. The van der Waals surface area contributed by atoms with E-state index in [1.807, 2.05) is 37.3 Å². The molecule has 0 spiro atoms. The summed E-state index contributed by atoms with van der Waals surface area (Å²) < 4.78 is 3.50. The van der Waals surface area contributed by atoms with Crippen LogP contribution in [0.2, 0.25) is 0 Å². The maximum atomic E-state index is 13.5. The molecule has 0 bridgehead atoms. The summed E-state index contributed by atoms with van der Waals surface area (Å²) in [4.78, 5) is 29.0. The van der Waals surface area contributed by atoms with Crippen LogP contribution < -0.4 is 10.9 Å². The van der Waals surface area contributed by atoms with E-state index in [0.29, 0.717) is 36.8 Å². The topological polar surface area (TPSA) is 71.6 Å². The molecule has 3 heterocycles. The third-order valence-electron chi connectivity index (χ3n) is 7.08. The van der Waals surface area contributed by atoms with Crippen molar-refractivity contribution in [2.24, 2.45) is 0 Å². The van der Waals surface area contributed by atoms with Crippen molar-refractivity contribution in [3.05, 3.63) is 105 Å². The van der Waals surface area contributed by atoms with Crippen LogP contribution in [0, 0.1) is 0 Å². The van der Waals surface area contributed by atoms with Gasteiger partial charge in [0.1, 0.15) is 5.56 Å². The molecule has 0 aliphatic carbocycles. The SMILES string of the molecule is CCn1c2c(c(=O)n3ncc(C(=O)NCc4ccc(C(C)C)cc4)c13)CN(Cc1ccccc1)CC2. The van der Waals surface area contributed by atoms with Gasteiger partial charge in [-0.2, -0.15) is 9.61 Å². The van der Waals surface area contributed by atoms with Gasteiger partial charge in [-0.15, -0.1) is 0 Å². The molecule has 1 amide bonds. The maximum absolute atomic E-state index is 13.5. The van der Waals surface area contributed by atoms with E-state index >= 15 is 0 Å². The highest BCUT2D eigenvalue weighted by atomic mass is 16.2. The first kappa shape index (κ1) is 24.0. The Bertz CT molecular complexity index is 1430. The largest absolute Gasteiger partial charge is 0.348 e. The quantitative estimate of drug-likeness (QED) is 0.429. The van der Waals surface area contributed by atoms with Crippen molar-refractivity contribution in [2.75, 3.05) is 6.54 Å². The van der Waals surface area contributed by atoms with E-state index in [0.717, 1.165) is 36.3 Å². The summed E-state index contributed by atoms with van der Waals surface area (Å²) in [6.45, 7) is 9.69. The summed E-state index contributed by atoms with van der Waals surface area (Å²) in [6.07, 6.45) is 2.28. The van der Waals surface area contributed by atoms with Crippen molar-refractivity contribution in [3.8, 4) is 0 Å². The summed E-state index contributed by atoms with van der Waals surface area (Å²) in [7, 11) is 0. The van der Waals surface area contributed by atoms with Crippen LogP contribution in [0.4, 0.5) is 0 Å². The molecule has 5 rings (SSSR count). The smallest absolute Gasteiger partial charge is 0.279 e. The van der Waals surface area contributed by atoms with E-state index in [4.69, 9.17) is 0 Å². The monoisotopic (exact) mass is 483 g/mol. The molecule has 0 saturated carbocycles. The van der Waals surface area contributed by atoms with Crippen molar-refractivity contribution in [2.45, 2.75) is 59.3 Å². The van der Waals surface area contributed by atoms with E-state index in [1.165, 1.54) is 21.8 Å². The van der Waals surface area contributed by atoms with Crippen molar-refractivity contribution in [1.82, 2.24) is 24.4 Å². The van der Waals surface area contributed by atoms with Gasteiger partial charge >= 0.3 is 0 Å². The number of aryl methyl sites for hydroxylation is 1. The summed E-state index contributed by atoms with van der Waals surface area (Å²) in [5.74, 6) is 0.246. The molecule has 186 valence electrons. The van der Waals surface area contributed by atoms with Crippen LogP contribution in [-0.2, 0) is 32.6 Å². The average molecular weight is 484 g/mol. The lowest BCUT2D eigenvalue weighted by Crippen LogP contribution is -2.38. The summed E-state index contributed by atoms with van der Waals surface area (Å²) in [5, 5.41) is 7.37. The Labute approximate surface area is 211 Å². The number of carbonyl (C=O) groups excluding carboxylic acids is 1. The number of nitrogens with one attached hydrogen (secondary N) is 1. The second-order valence-electron chi connectivity index (χ2n) is 9.79. The molecule has 0 saturated heterocycles. The van der Waals surface area contributed by atoms with Gasteiger partial charge in [0.15, 0.2) is 5.65 Å². The third kappa shape index (κ3) is 4.58. The molecule has 2 aromatic heterocycles. The summed E-state index contributed by atoms with van der Waals surface area (Å²) in [5.41, 5.74) is 6.19. The van der Waals surface area contributed by atoms with Gasteiger partial charge in [-0.1, -0.05) is 68.4 Å². The highest BCUT2D eigenvalue weighted by molar-refractivity contribution is 5.99. The van der Waals surface area contributed by atoms with E-state index in [2.05, 4.69) is 58.0 Å². The number of hydrogen-bond acceptors (Lipinski definition) is 4. The number of amides is 1. The zero-order valence-corrected chi connectivity index (χ0v) is 21.2. The lowest BCUT2D eigenvalue weighted by molar-refractivity contribution is 0.0952. The van der Waals surface area contributed by atoms with Crippen molar-refractivity contribution in [1.29, 1.82) is 0 Å². The highest BCUT2D eigenvalue weighted by Gasteiger charge is 2.27. The molecule has 1 aliphatic rings. The van der Waals surface area contributed by atoms with Gasteiger partial charge in [0.2, 0.25) is 0 Å². The second-order valence-corrected chi connectivity index (χ2v) is 9.79. The van der Waals surface area contributed by atoms with Crippen LogP contribution in [-0.4, -0.2) is 31.5 Å². The molecule has 0 radical (unpaired) electrons. The van der Waals surface area contributed by atoms with E-state index in [1.54, 1.807) is 0 Å². The lowest BCUT2D eigenvalue weighted by atomic mass is 10.0. The number of carbonyl (C=O) groups is 1. The molecule has 4 aromatic rings. The average Bonchev–Trinajstić information content (AvgIpc) is 3.34. The summed E-state index contributed by atoms with van der Waals surface area (Å²) in [6, 6.07) is 18.6. The van der Waals surface area contributed by atoms with Gasteiger partial charge in [-0.25, -0.2) is 0 Å². The normalized spacial score (nSPS) is 13.8. The fourth-order valence-corrected chi connectivity index (χ4v) is 5.08. The predicted octanol–water partition coefficient (Wildman–Crippen LogP) is 4.13. The van der Waals surface area contributed by atoms with Crippen LogP contribution in [0.25, 0.3) is 5.65 Å². The zero-order chi connectivity index (χ0) is 25.2. The molecule has 0 fully saturated rings. The van der Waals surface area contributed by atoms with Crippen LogP contribution in [0.15, 0.2) is 65.6 Å². The van der Waals surface area contributed by atoms with Crippen molar-refractivity contribution >= 4 is 11.6 Å². The Kier molecular flexibility index (Phi) is 6.74. The first-order chi connectivity index (χ1) is 17.5. The van der Waals surface area contributed by atoms with Gasteiger partial charge in [0.05, 0.1) is 11.8 Å². The van der Waals surface area contributed by atoms with Gasteiger partial charge < -0.3 is 9.88 Å². The first-order valence-corrected chi connectivity index (χ1v) is 12.7. The Morgan fingerprint density at radius 1 is 1.06 bits per heavy atom. The van der Waals surface area contributed by atoms with Gasteiger partial charge in [-0.3, -0.25) is 14.5 Å². The Balaban J connectivity index is 1.40. The Morgan fingerprint density at radius 3 is 2.50 bits per heavy atom. The minimum absolute atomic E-state index is 0.134. The number of hydrogen-bond donors (Lipinski definition) is 1. The molecule has 0 unspecified atom stereocenters. The Morgan fingerprint density at radius 2 is 1.81 bits per heavy atom. The molecular formula is C29H33N5O2. The highest BCUT2D eigenvalue weighted by Crippen LogP contribution is 2.22. The zero-order valence-electron chi connectivity index (χ0n) is 21.2. The molecule has 7 heteroatoms. The first-order valence-electron chi connectivity index (χ1n) is 12.7. The number of nitrogens with zero attached hydrogens (tertiary/aromatic N) is 4. The molecule has 2 aromatic carbocycles. The fourth-order valence-electron chi connectivity index (χ4n) is 5.08. The fraction of sp³-hybridized carbons (Fsp3) is 0.345. The minimum atomic E-state index is -0.221. The van der Waals surface area contributed by atoms with E-state index in [9.17, 15) is 9.59 Å². The lowest BCUT2D eigenvalue weighted by Gasteiger charge is -2.30. The van der Waals surface area contributed by atoms with E-state index in [-0.39, 0.29) is 11.5 Å². The number of benzene rings is 2.